The van der Waals surface area contributed by atoms with Gasteiger partial charge in [0.2, 0.25) is 11.8 Å². The number of pyridine rings is 1. The average Bonchev–Trinajstić information content (AvgIpc) is 2.88. The first-order valence-electron chi connectivity index (χ1n) is 13.0. The average molecular weight is 497 g/mol. The zero-order valence-corrected chi connectivity index (χ0v) is 21.3. The summed E-state index contributed by atoms with van der Waals surface area (Å²) in [5, 5.41) is 5.65. The number of likely N-dealkylation sites (tertiary alicyclic amines) is 1. The molecule has 36 heavy (non-hydrogen) atoms. The van der Waals surface area contributed by atoms with Gasteiger partial charge in [0.1, 0.15) is 5.67 Å². The van der Waals surface area contributed by atoms with Crippen molar-refractivity contribution in [1.82, 2.24) is 20.5 Å². The first-order chi connectivity index (χ1) is 17.3. The number of aromatic nitrogens is 1. The molecule has 0 unspecified atom stereocenters. The van der Waals surface area contributed by atoms with E-state index in [2.05, 4.69) is 20.5 Å². The molecule has 7 nitrogen and oxygen atoms in total. The molecule has 0 spiro atoms. The summed E-state index contributed by atoms with van der Waals surface area (Å²) < 4.78 is 19.8. The summed E-state index contributed by atoms with van der Waals surface area (Å²) in [6, 6.07) is 10.6. The highest BCUT2D eigenvalue weighted by molar-refractivity contribution is 6.06. The fraction of sp³-hybridized carbons (Fsp3) is 0.536. The molecular formula is C28H37FN4O3. The van der Waals surface area contributed by atoms with Crippen LogP contribution in [0.15, 0.2) is 42.6 Å². The largest absolute Gasteiger partial charge is 0.477 e. The van der Waals surface area contributed by atoms with Gasteiger partial charge in [-0.1, -0.05) is 18.6 Å². The van der Waals surface area contributed by atoms with Crippen LogP contribution in [0, 0.1) is 5.92 Å². The van der Waals surface area contributed by atoms with Gasteiger partial charge in [0.05, 0.1) is 12.6 Å². The fourth-order valence-corrected chi connectivity index (χ4v) is 4.84. The second kappa shape index (κ2) is 11.9. The van der Waals surface area contributed by atoms with E-state index in [1.54, 1.807) is 32.2 Å². The molecule has 2 aliphatic rings. The second-order valence-corrected chi connectivity index (χ2v) is 10.5. The number of hydrogen-bond acceptors (Lipinski definition) is 6. The summed E-state index contributed by atoms with van der Waals surface area (Å²) in [6.45, 7) is 6.94. The van der Waals surface area contributed by atoms with Crippen LogP contribution in [0.2, 0.25) is 0 Å². The Bertz CT molecular complexity index is 1010. The molecule has 4 rings (SSSR count). The number of rotatable bonds is 8. The molecule has 2 aliphatic heterocycles. The Morgan fingerprint density at radius 3 is 2.42 bits per heavy atom. The third kappa shape index (κ3) is 7.58. The van der Waals surface area contributed by atoms with Crippen LogP contribution in [0.5, 0.6) is 5.88 Å². The number of alkyl halides is 1. The van der Waals surface area contributed by atoms with E-state index < -0.39 is 5.67 Å². The number of carbonyl (C=O) groups is 2. The van der Waals surface area contributed by atoms with E-state index in [1.165, 1.54) is 0 Å². The number of nitrogens with one attached hydrogen (secondary N) is 2. The van der Waals surface area contributed by atoms with E-state index >= 15 is 0 Å². The molecule has 0 radical (unpaired) electrons. The Balaban J connectivity index is 1.24. The van der Waals surface area contributed by atoms with Crippen LogP contribution in [0.1, 0.15) is 56.3 Å². The lowest BCUT2D eigenvalue weighted by molar-refractivity contribution is -0.122. The highest BCUT2D eigenvalue weighted by atomic mass is 19.1. The molecule has 194 valence electrons. The summed E-state index contributed by atoms with van der Waals surface area (Å²) in [5.74, 6) is 0.375. The van der Waals surface area contributed by atoms with E-state index in [-0.39, 0.29) is 17.9 Å². The standard InChI is InChI=1S/C28H37FN4O3/c1-28(2,29)19-33-15-12-20(13-16-33)18-36-25-11-10-23(17-31-25)21-6-8-22(9-7-21)26(34)32-27(35)24-5-3-4-14-30-24/h6-11,17,20,24,30H,3-5,12-16,18-19H2,1-2H3,(H,32,34,35)/t24-/m0/s1. The normalized spacial score (nSPS) is 19.6. The number of carbonyl (C=O) groups excluding carboxylic acids is 2. The van der Waals surface area contributed by atoms with E-state index in [4.69, 9.17) is 4.74 Å². The lowest BCUT2D eigenvalue weighted by Gasteiger charge is -2.34. The van der Waals surface area contributed by atoms with Crippen LogP contribution in [0.4, 0.5) is 4.39 Å². The quantitative estimate of drug-likeness (QED) is 0.538. The number of hydrogen-bond donors (Lipinski definition) is 2. The van der Waals surface area contributed by atoms with Crippen LogP contribution < -0.4 is 15.4 Å². The summed E-state index contributed by atoms with van der Waals surface area (Å²) in [5.41, 5.74) is 1.12. The van der Waals surface area contributed by atoms with Gasteiger partial charge in [0.25, 0.3) is 5.91 Å². The first-order valence-corrected chi connectivity index (χ1v) is 13.0. The van der Waals surface area contributed by atoms with Gasteiger partial charge in [0, 0.05) is 29.9 Å². The Hall–Kier alpha value is -2.84. The van der Waals surface area contributed by atoms with Crippen molar-refractivity contribution in [2.75, 3.05) is 32.8 Å². The highest BCUT2D eigenvalue weighted by Crippen LogP contribution is 2.24. The van der Waals surface area contributed by atoms with Crippen molar-refractivity contribution in [2.24, 2.45) is 5.92 Å². The van der Waals surface area contributed by atoms with Crippen molar-refractivity contribution < 1.29 is 18.7 Å². The fourth-order valence-electron chi connectivity index (χ4n) is 4.84. The Morgan fingerprint density at radius 1 is 1.08 bits per heavy atom. The summed E-state index contributed by atoms with van der Waals surface area (Å²) in [4.78, 5) is 31.4. The van der Waals surface area contributed by atoms with E-state index in [9.17, 15) is 14.0 Å². The lowest BCUT2D eigenvalue weighted by Crippen LogP contribution is -2.48. The second-order valence-electron chi connectivity index (χ2n) is 10.5. The van der Waals surface area contributed by atoms with Crippen LogP contribution >= 0.6 is 0 Å². The molecule has 2 N–H and O–H groups in total. The minimum absolute atomic E-state index is 0.266. The van der Waals surface area contributed by atoms with Gasteiger partial charge >= 0.3 is 0 Å². The van der Waals surface area contributed by atoms with Crippen LogP contribution in [0.3, 0.4) is 0 Å². The molecule has 8 heteroatoms. The Kier molecular flexibility index (Phi) is 8.69. The highest BCUT2D eigenvalue weighted by Gasteiger charge is 2.26. The van der Waals surface area contributed by atoms with Gasteiger partial charge in [-0.3, -0.25) is 14.9 Å². The number of ether oxygens (including phenoxy) is 1. The number of halogens is 1. The minimum atomic E-state index is -1.16. The van der Waals surface area contributed by atoms with Gasteiger partial charge in [-0.25, -0.2) is 9.37 Å². The maximum atomic E-state index is 13.9. The number of nitrogens with zero attached hydrogens (tertiary/aromatic N) is 2. The van der Waals surface area contributed by atoms with Crippen molar-refractivity contribution in [3.63, 3.8) is 0 Å². The molecular weight excluding hydrogens is 459 g/mol. The van der Waals surface area contributed by atoms with E-state index in [1.807, 2.05) is 24.3 Å². The lowest BCUT2D eigenvalue weighted by atomic mass is 9.97. The van der Waals surface area contributed by atoms with Crippen molar-refractivity contribution in [2.45, 2.75) is 57.7 Å². The zero-order chi connectivity index (χ0) is 25.5. The molecule has 0 aliphatic carbocycles. The van der Waals surface area contributed by atoms with Gasteiger partial charge in [-0.15, -0.1) is 0 Å². The maximum Gasteiger partial charge on any atom is 0.257 e. The minimum Gasteiger partial charge on any atom is -0.477 e. The summed E-state index contributed by atoms with van der Waals surface area (Å²) in [7, 11) is 0. The third-order valence-electron chi connectivity index (χ3n) is 6.85. The molecule has 3 heterocycles. The van der Waals surface area contributed by atoms with E-state index in [0.717, 1.165) is 62.9 Å². The van der Waals surface area contributed by atoms with Crippen molar-refractivity contribution >= 4 is 11.8 Å². The number of imide groups is 1. The van der Waals surface area contributed by atoms with E-state index in [0.29, 0.717) is 30.5 Å². The monoisotopic (exact) mass is 496 g/mol. The molecule has 0 bridgehead atoms. The predicted octanol–water partition coefficient (Wildman–Crippen LogP) is 3.99. The third-order valence-corrected chi connectivity index (χ3v) is 6.85. The molecule has 1 aromatic carbocycles. The van der Waals surface area contributed by atoms with Gasteiger partial charge in [-0.05, 0) is 88.8 Å². The molecule has 0 saturated carbocycles. The molecule has 2 aromatic rings. The van der Waals surface area contributed by atoms with Gasteiger partial charge in [-0.2, -0.15) is 0 Å². The maximum absolute atomic E-state index is 13.9. The number of piperidine rings is 2. The molecule has 2 fully saturated rings. The predicted molar refractivity (Wildman–Crippen MR) is 138 cm³/mol. The summed E-state index contributed by atoms with van der Waals surface area (Å²) in [6.07, 6.45) is 6.55. The van der Waals surface area contributed by atoms with Crippen molar-refractivity contribution in [3.8, 4) is 17.0 Å². The van der Waals surface area contributed by atoms with Crippen LogP contribution in [-0.4, -0.2) is 66.2 Å². The van der Waals surface area contributed by atoms with Gasteiger partial charge < -0.3 is 15.0 Å². The van der Waals surface area contributed by atoms with Crippen LogP contribution in [0.25, 0.3) is 11.1 Å². The molecule has 2 amide bonds. The Morgan fingerprint density at radius 2 is 1.81 bits per heavy atom. The molecule has 1 aromatic heterocycles. The first kappa shape index (κ1) is 26.2. The smallest absolute Gasteiger partial charge is 0.257 e. The molecule has 1 atom stereocenters. The number of amides is 2. The van der Waals surface area contributed by atoms with Gasteiger partial charge in [0.15, 0.2) is 0 Å². The molecule has 2 saturated heterocycles. The summed E-state index contributed by atoms with van der Waals surface area (Å²) >= 11 is 0. The van der Waals surface area contributed by atoms with Crippen molar-refractivity contribution in [1.29, 1.82) is 0 Å². The van der Waals surface area contributed by atoms with Crippen LogP contribution in [-0.2, 0) is 4.79 Å². The SMILES string of the molecule is CC(C)(F)CN1CCC(COc2ccc(-c3ccc(C(=O)NC(=O)[C@@H]4CCCCN4)cc3)cn2)CC1. The van der Waals surface area contributed by atoms with Crippen molar-refractivity contribution in [3.05, 3.63) is 48.2 Å². The Labute approximate surface area is 212 Å². The number of benzene rings is 1. The zero-order valence-electron chi connectivity index (χ0n) is 21.3. The topological polar surface area (TPSA) is 83.6 Å².